The van der Waals surface area contributed by atoms with Crippen molar-refractivity contribution >= 4 is 11.8 Å². The van der Waals surface area contributed by atoms with E-state index >= 15 is 0 Å². The van der Waals surface area contributed by atoms with Crippen LogP contribution in [-0.2, 0) is 9.59 Å². The van der Waals surface area contributed by atoms with Crippen LogP contribution in [0.4, 0.5) is 0 Å². The predicted octanol–water partition coefficient (Wildman–Crippen LogP) is -2.62. The van der Waals surface area contributed by atoms with Crippen molar-refractivity contribution in [2.24, 2.45) is 17.3 Å². The van der Waals surface area contributed by atoms with Gasteiger partial charge < -0.3 is 9.90 Å². The molecule has 2 unspecified atom stereocenters. The van der Waals surface area contributed by atoms with Crippen LogP contribution >= 0.6 is 0 Å². The first-order valence-electron chi connectivity index (χ1n) is 4.62. The van der Waals surface area contributed by atoms with Crippen LogP contribution < -0.4 is 34.7 Å². The molecule has 0 saturated heterocycles. The van der Waals surface area contributed by atoms with Gasteiger partial charge in [-0.05, 0) is 24.2 Å². The van der Waals surface area contributed by atoms with Crippen LogP contribution in [0.1, 0.15) is 33.6 Å². The number of carboxylic acid groups (broad SMARTS) is 1. The summed E-state index contributed by atoms with van der Waals surface area (Å²) < 4.78 is 0. The molecule has 0 heterocycles. The Morgan fingerprint density at radius 1 is 1.29 bits per heavy atom. The van der Waals surface area contributed by atoms with Crippen LogP contribution in [-0.4, -0.2) is 11.8 Å². The Bertz CT molecular complexity index is 248. The minimum Gasteiger partial charge on any atom is -0.542 e. The molecule has 1 rings (SSSR count). The van der Waals surface area contributed by atoms with Crippen LogP contribution in [0, 0.1) is 17.3 Å². The number of carbonyl (C=O) groups is 2. The summed E-state index contributed by atoms with van der Waals surface area (Å²) in [6.07, 6.45) is 1.61. The average Bonchev–Trinajstić information content (AvgIpc) is 2.26. The van der Waals surface area contributed by atoms with Gasteiger partial charge in [0.1, 0.15) is 5.97 Å². The Morgan fingerprint density at radius 2 is 1.79 bits per heavy atom. The molecule has 74 valence electrons. The van der Waals surface area contributed by atoms with E-state index in [0.717, 1.165) is 6.42 Å². The minimum absolute atomic E-state index is 0. The van der Waals surface area contributed by atoms with Gasteiger partial charge in [-0.3, -0.25) is 4.79 Å². The fourth-order valence-electron chi connectivity index (χ4n) is 2.12. The summed E-state index contributed by atoms with van der Waals surface area (Å²) in [5, 5.41) is 10.4. The van der Waals surface area contributed by atoms with Crippen molar-refractivity contribution in [3.63, 3.8) is 0 Å². The summed E-state index contributed by atoms with van der Waals surface area (Å²) in [7, 11) is 0. The smallest absolute Gasteiger partial charge is 0.542 e. The van der Waals surface area contributed by atoms with E-state index in [1.807, 2.05) is 13.8 Å². The topological polar surface area (TPSA) is 57.2 Å². The molecule has 1 aliphatic rings. The quantitative estimate of drug-likeness (QED) is 0.367. The molecule has 3 nitrogen and oxygen atoms in total. The van der Waals surface area contributed by atoms with Crippen LogP contribution in [0.15, 0.2) is 0 Å². The number of hydrogen-bond donors (Lipinski definition) is 0. The van der Waals surface area contributed by atoms with Gasteiger partial charge in [0.25, 0.3) is 0 Å². The van der Waals surface area contributed by atoms with E-state index in [0.29, 0.717) is 12.3 Å². The molecule has 4 heteroatoms. The molecule has 0 amide bonds. The zero-order valence-electron chi connectivity index (χ0n) is 9.29. The Labute approximate surface area is 107 Å². The normalized spacial score (nSPS) is 29.4. The molecular formula is C10H15NaO3. The fourth-order valence-corrected chi connectivity index (χ4v) is 2.12. The Kier molecular flexibility index (Phi) is 4.82. The molecule has 0 aliphatic heterocycles. The number of carbonyl (C=O) groups excluding carboxylic acids is 2. The summed E-state index contributed by atoms with van der Waals surface area (Å²) in [6.45, 7) is 5.97. The molecule has 0 aromatic rings. The average molecular weight is 206 g/mol. The largest absolute Gasteiger partial charge is 1.00 e. The van der Waals surface area contributed by atoms with Crippen LogP contribution in [0.3, 0.4) is 0 Å². The second kappa shape index (κ2) is 4.77. The first-order chi connectivity index (χ1) is 5.87. The zero-order chi connectivity index (χ0) is 10.2. The molecule has 0 N–H and O–H groups in total. The monoisotopic (exact) mass is 206 g/mol. The number of aliphatic carboxylic acids is 1. The van der Waals surface area contributed by atoms with Gasteiger partial charge in [0.05, 0.1) is 0 Å². The third-order valence-electron chi connectivity index (χ3n) is 3.57. The maximum Gasteiger partial charge on any atom is 1.00 e. The second-order valence-corrected chi connectivity index (χ2v) is 4.50. The number of rotatable bonds is 2. The Balaban J connectivity index is 0.00000169. The molecule has 14 heavy (non-hydrogen) atoms. The molecule has 1 aliphatic carbocycles. The minimum atomic E-state index is -1.54. The number of ketones is 1. The summed E-state index contributed by atoms with van der Waals surface area (Å²) in [4.78, 5) is 21.7. The Hall–Kier alpha value is 0.140. The van der Waals surface area contributed by atoms with E-state index in [4.69, 9.17) is 0 Å². The standard InChI is InChI=1S/C10H16O3.Na/c1-6-4-5-7(10(6,2)3)8(11)9(12)13;/h6-7H,4-5H2,1-3H3,(H,12,13);/q;+1/p-1. The molecule has 1 saturated carbocycles. The third kappa shape index (κ3) is 2.38. The van der Waals surface area contributed by atoms with Gasteiger partial charge in [0, 0.05) is 5.92 Å². The van der Waals surface area contributed by atoms with E-state index in [1.54, 1.807) is 0 Å². The van der Waals surface area contributed by atoms with Crippen molar-refractivity contribution in [1.82, 2.24) is 0 Å². The van der Waals surface area contributed by atoms with Crippen molar-refractivity contribution in [2.75, 3.05) is 0 Å². The van der Waals surface area contributed by atoms with Crippen molar-refractivity contribution in [3.8, 4) is 0 Å². The van der Waals surface area contributed by atoms with Gasteiger partial charge in [-0.2, -0.15) is 0 Å². The van der Waals surface area contributed by atoms with E-state index in [9.17, 15) is 14.7 Å². The van der Waals surface area contributed by atoms with E-state index in [2.05, 4.69) is 6.92 Å². The van der Waals surface area contributed by atoms with Crippen molar-refractivity contribution in [2.45, 2.75) is 33.6 Å². The van der Waals surface area contributed by atoms with Gasteiger partial charge in [-0.25, -0.2) is 0 Å². The molecule has 0 radical (unpaired) electrons. The van der Waals surface area contributed by atoms with Crippen LogP contribution in [0.5, 0.6) is 0 Å². The first-order valence-corrected chi connectivity index (χ1v) is 4.62. The van der Waals surface area contributed by atoms with Crippen LogP contribution in [0.25, 0.3) is 0 Å². The number of hydrogen-bond acceptors (Lipinski definition) is 3. The van der Waals surface area contributed by atoms with Crippen LogP contribution in [0.2, 0.25) is 0 Å². The van der Waals surface area contributed by atoms with Crippen molar-refractivity contribution < 1.29 is 44.3 Å². The molecule has 0 bridgehead atoms. The van der Waals surface area contributed by atoms with Crippen molar-refractivity contribution in [1.29, 1.82) is 0 Å². The maximum atomic E-state index is 11.2. The molecule has 0 spiro atoms. The molecule has 2 atom stereocenters. The number of Topliss-reactive ketones (excluding diaryl/α,β-unsaturated/α-hetero) is 1. The Morgan fingerprint density at radius 3 is 2.07 bits per heavy atom. The fraction of sp³-hybridized carbons (Fsp3) is 0.800. The SMILES string of the molecule is CC1CCC(C(=O)C(=O)[O-])C1(C)C.[Na+]. The van der Waals surface area contributed by atoms with Gasteiger partial charge in [0.15, 0.2) is 5.78 Å². The predicted molar refractivity (Wildman–Crippen MR) is 45.7 cm³/mol. The van der Waals surface area contributed by atoms with E-state index in [-0.39, 0.29) is 40.9 Å². The van der Waals surface area contributed by atoms with E-state index < -0.39 is 11.8 Å². The summed E-state index contributed by atoms with van der Waals surface area (Å²) >= 11 is 0. The first kappa shape index (κ1) is 14.1. The second-order valence-electron chi connectivity index (χ2n) is 4.50. The van der Waals surface area contributed by atoms with Gasteiger partial charge in [-0.15, -0.1) is 0 Å². The number of carboxylic acids is 1. The summed E-state index contributed by atoms with van der Waals surface area (Å²) in [5.74, 6) is -2.21. The maximum absolute atomic E-state index is 11.2. The van der Waals surface area contributed by atoms with Gasteiger partial charge >= 0.3 is 29.6 Å². The summed E-state index contributed by atoms with van der Waals surface area (Å²) in [6, 6.07) is 0. The van der Waals surface area contributed by atoms with Gasteiger partial charge in [0.2, 0.25) is 0 Å². The van der Waals surface area contributed by atoms with E-state index in [1.165, 1.54) is 0 Å². The third-order valence-corrected chi connectivity index (χ3v) is 3.57. The molecular weight excluding hydrogens is 191 g/mol. The zero-order valence-corrected chi connectivity index (χ0v) is 11.3. The molecule has 1 fully saturated rings. The molecule has 0 aromatic carbocycles. The van der Waals surface area contributed by atoms with Gasteiger partial charge in [-0.1, -0.05) is 20.8 Å². The molecule has 0 aromatic heterocycles. The van der Waals surface area contributed by atoms with Crippen molar-refractivity contribution in [3.05, 3.63) is 0 Å². The summed E-state index contributed by atoms with van der Waals surface area (Å²) in [5.41, 5.74) is -0.197.